The maximum atomic E-state index is 9.43. The normalized spacial score (nSPS) is 9.62. The van der Waals surface area contributed by atoms with Gasteiger partial charge in [0.15, 0.2) is 0 Å². The molecule has 0 fully saturated rings. The van der Waals surface area contributed by atoms with Crippen LogP contribution in [0.4, 0.5) is 0 Å². The molecule has 6 radical (unpaired) electrons. The number of nitrogens with zero attached hydrogens (tertiary/aromatic N) is 2. The van der Waals surface area contributed by atoms with Crippen LogP contribution in [0.5, 0.6) is 11.5 Å². The van der Waals surface area contributed by atoms with Crippen molar-refractivity contribution in [1.29, 1.82) is 0 Å². The SMILES string of the molecule is Cc1ccc2cccc(O)c2n1.Cc1ccc2cccc(O)c2n1.[Al].[Al]. The molecular weight excluding hydrogens is 354 g/mol. The second-order valence-electron chi connectivity index (χ2n) is 5.60. The van der Waals surface area contributed by atoms with Crippen LogP contribution < -0.4 is 0 Å². The maximum Gasteiger partial charge on any atom is 0.141 e. The Bertz CT molecular complexity index is 940. The molecular formula is C20H18Al2N2O2. The molecule has 4 nitrogen and oxygen atoms in total. The molecule has 0 aliphatic rings. The van der Waals surface area contributed by atoms with Crippen LogP contribution >= 0.6 is 0 Å². The Morgan fingerprint density at radius 2 is 0.962 bits per heavy atom. The first kappa shape index (κ1) is 22.0. The zero-order valence-corrected chi connectivity index (χ0v) is 17.0. The first-order chi connectivity index (χ1) is 11.5. The van der Waals surface area contributed by atoms with E-state index in [4.69, 9.17) is 0 Å². The molecule has 4 aromatic rings. The Balaban J connectivity index is 0.000000241. The lowest BCUT2D eigenvalue weighted by atomic mass is 10.2. The van der Waals surface area contributed by atoms with Crippen molar-refractivity contribution in [2.75, 3.05) is 0 Å². The van der Waals surface area contributed by atoms with Gasteiger partial charge in [-0.3, -0.25) is 0 Å². The van der Waals surface area contributed by atoms with Crippen molar-refractivity contribution >= 4 is 56.5 Å². The fourth-order valence-electron chi connectivity index (χ4n) is 2.46. The summed E-state index contributed by atoms with van der Waals surface area (Å²) in [6.07, 6.45) is 0. The summed E-state index contributed by atoms with van der Waals surface area (Å²) in [6.45, 7) is 3.82. The van der Waals surface area contributed by atoms with Crippen LogP contribution in [0, 0.1) is 13.8 Å². The number of aromatic nitrogens is 2. The Kier molecular flexibility index (Phi) is 8.09. The largest absolute Gasteiger partial charge is 0.506 e. The van der Waals surface area contributed by atoms with Crippen molar-refractivity contribution in [2.24, 2.45) is 0 Å². The fourth-order valence-corrected chi connectivity index (χ4v) is 2.46. The Morgan fingerprint density at radius 3 is 1.35 bits per heavy atom. The number of hydrogen-bond donors (Lipinski definition) is 2. The number of hydrogen-bond acceptors (Lipinski definition) is 4. The summed E-state index contributed by atoms with van der Waals surface area (Å²) in [6, 6.07) is 18.6. The van der Waals surface area contributed by atoms with Crippen molar-refractivity contribution in [3.8, 4) is 11.5 Å². The van der Waals surface area contributed by atoms with Crippen LogP contribution in [-0.2, 0) is 0 Å². The van der Waals surface area contributed by atoms with Gasteiger partial charge in [-0.2, -0.15) is 0 Å². The highest BCUT2D eigenvalue weighted by Crippen LogP contribution is 2.22. The van der Waals surface area contributed by atoms with Crippen molar-refractivity contribution in [1.82, 2.24) is 9.97 Å². The molecule has 2 aromatic heterocycles. The molecule has 0 spiro atoms. The lowest BCUT2D eigenvalue weighted by molar-refractivity contribution is 0.480. The van der Waals surface area contributed by atoms with Crippen molar-refractivity contribution < 1.29 is 10.2 Å². The third-order valence-corrected chi connectivity index (χ3v) is 3.68. The number of pyridine rings is 2. The molecule has 4 rings (SSSR count). The molecule has 0 saturated carbocycles. The molecule has 0 saturated heterocycles. The quantitative estimate of drug-likeness (QED) is 0.462. The Hall–Kier alpha value is -2.08. The summed E-state index contributed by atoms with van der Waals surface area (Å²) in [5.41, 5.74) is 3.20. The molecule has 2 N–H and O–H groups in total. The number of rotatable bonds is 0. The lowest BCUT2D eigenvalue weighted by Crippen LogP contribution is -1.82. The van der Waals surface area contributed by atoms with Crippen LogP contribution in [0.15, 0.2) is 60.7 Å². The van der Waals surface area contributed by atoms with E-state index in [1.54, 1.807) is 12.1 Å². The van der Waals surface area contributed by atoms with Gasteiger partial charge in [-0.15, -0.1) is 0 Å². The highest BCUT2D eigenvalue weighted by Gasteiger charge is 1.99. The minimum Gasteiger partial charge on any atom is -0.506 e. The molecule has 0 atom stereocenters. The van der Waals surface area contributed by atoms with E-state index in [2.05, 4.69) is 9.97 Å². The summed E-state index contributed by atoms with van der Waals surface area (Å²) < 4.78 is 0. The molecule has 0 amide bonds. The van der Waals surface area contributed by atoms with E-state index in [9.17, 15) is 10.2 Å². The maximum absolute atomic E-state index is 9.43. The standard InChI is InChI=1S/2C10H9NO.2Al/c2*1-7-5-6-8-3-2-4-9(12)10(8)11-7;;/h2*2-6,12H,1H3;;. The summed E-state index contributed by atoms with van der Waals surface area (Å²) in [5, 5.41) is 20.8. The Labute approximate surface area is 173 Å². The van der Waals surface area contributed by atoms with Crippen LogP contribution in [0.3, 0.4) is 0 Å². The van der Waals surface area contributed by atoms with E-state index in [1.165, 1.54) is 0 Å². The van der Waals surface area contributed by atoms with Gasteiger partial charge in [-0.05, 0) is 38.1 Å². The van der Waals surface area contributed by atoms with E-state index in [1.807, 2.05) is 62.4 Å². The van der Waals surface area contributed by atoms with Crippen LogP contribution in [0.25, 0.3) is 21.8 Å². The zero-order valence-electron chi connectivity index (χ0n) is 14.7. The van der Waals surface area contributed by atoms with Crippen molar-refractivity contribution in [2.45, 2.75) is 13.8 Å². The molecule has 2 heterocycles. The topological polar surface area (TPSA) is 66.2 Å². The van der Waals surface area contributed by atoms with Gasteiger partial charge < -0.3 is 10.2 Å². The number of benzene rings is 2. The predicted molar refractivity (Wildman–Crippen MR) is 108 cm³/mol. The van der Waals surface area contributed by atoms with E-state index < -0.39 is 0 Å². The van der Waals surface area contributed by atoms with Gasteiger partial charge in [0.25, 0.3) is 0 Å². The van der Waals surface area contributed by atoms with Crippen LogP contribution in [-0.4, -0.2) is 54.9 Å². The third kappa shape index (κ3) is 4.98. The average Bonchev–Trinajstić information content (AvgIpc) is 2.57. The minimum atomic E-state index is 0. The molecule has 126 valence electrons. The number of phenols is 2. The average molecular weight is 372 g/mol. The summed E-state index contributed by atoms with van der Waals surface area (Å²) in [4.78, 5) is 8.45. The first-order valence-electron chi connectivity index (χ1n) is 7.65. The van der Waals surface area contributed by atoms with Gasteiger partial charge in [0.1, 0.15) is 22.5 Å². The molecule has 2 aromatic carbocycles. The second kappa shape index (κ2) is 9.58. The summed E-state index contributed by atoms with van der Waals surface area (Å²) in [5.74, 6) is 0.493. The van der Waals surface area contributed by atoms with Gasteiger partial charge in [0.05, 0.1) is 0 Å². The lowest BCUT2D eigenvalue weighted by Gasteiger charge is -1.99. The number of phenolic OH excluding ortho intramolecular Hbond substituents is 2. The second-order valence-corrected chi connectivity index (χ2v) is 5.60. The monoisotopic (exact) mass is 372 g/mol. The third-order valence-electron chi connectivity index (χ3n) is 3.68. The van der Waals surface area contributed by atoms with Crippen molar-refractivity contribution in [3.05, 3.63) is 72.1 Å². The summed E-state index contributed by atoms with van der Waals surface area (Å²) in [7, 11) is 0. The molecule has 0 bridgehead atoms. The number of aromatic hydroxyl groups is 2. The van der Waals surface area contributed by atoms with Crippen LogP contribution in [0.1, 0.15) is 11.4 Å². The van der Waals surface area contributed by atoms with E-state index in [-0.39, 0.29) is 46.2 Å². The minimum absolute atomic E-state index is 0. The van der Waals surface area contributed by atoms with E-state index >= 15 is 0 Å². The van der Waals surface area contributed by atoms with Crippen molar-refractivity contribution in [3.63, 3.8) is 0 Å². The first-order valence-corrected chi connectivity index (χ1v) is 7.65. The number of fused-ring (bicyclic) bond motifs is 2. The molecule has 0 aliphatic heterocycles. The summed E-state index contributed by atoms with van der Waals surface area (Å²) >= 11 is 0. The van der Waals surface area contributed by atoms with Gasteiger partial charge >= 0.3 is 0 Å². The smallest absolute Gasteiger partial charge is 0.141 e. The van der Waals surface area contributed by atoms with Gasteiger partial charge in [0, 0.05) is 56.9 Å². The number of para-hydroxylation sites is 2. The zero-order chi connectivity index (χ0) is 17.1. The van der Waals surface area contributed by atoms with Gasteiger partial charge in [-0.25, -0.2) is 9.97 Å². The fraction of sp³-hybridized carbons (Fsp3) is 0.100. The highest BCUT2D eigenvalue weighted by atomic mass is 27.0. The molecule has 0 aliphatic carbocycles. The highest BCUT2D eigenvalue weighted by molar-refractivity contribution is 5.84. The molecule has 26 heavy (non-hydrogen) atoms. The van der Waals surface area contributed by atoms with Gasteiger partial charge in [-0.1, -0.05) is 36.4 Å². The van der Waals surface area contributed by atoms with Crippen LogP contribution in [0.2, 0.25) is 0 Å². The van der Waals surface area contributed by atoms with E-state index in [0.29, 0.717) is 11.0 Å². The van der Waals surface area contributed by atoms with E-state index in [0.717, 1.165) is 22.2 Å². The number of aryl methyl sites for hydroxylation is 2. The van der Waals surface area contributed by atoms with Gasteiger partial charge in [0.2, 0.25) is 0 Å². The Morgan fingerprint density at radius 1 is 0.577 bits per heavy atom. The molecule has 0 unspecified atom stereocenters. The predicted octanol–water partition coefficient (Wildman–Crippen LogP) is 3.74. The molecule has 6 heteroatoms.